The van der Waals surface area contributed by atoms with Gasteiger partial charge in [0.1, 0.15) is 0 Å². The maximum atomic E-state index is 12.0. The Kier molecular flexibility index (Phi) is 3.15. The molecule has 0 spiro atoms. The van der Waals surface area contributed by atoms with E-state index in [2.05, 4.69) is 0 Å². The SMILES string of the molecule is CN(CCO)C(=O)c1ccc2ccn(C)c2c1. The van der Waals surface area contributed by atoms with Crippen molar-refractivity contribution in [2.75, 3.05) is 20.2 Å². The lowest BCUT2D eigenvalue weighted by atomic mass is 10.1. The number of benzene rings is 1. The van der Waals surface area contributed by atoms with Gasteiger partial charge in [-0.1, -0.05) is 6.07 Å². The molecular formula is C13H16N2O2. The number of nitrogens with zero attached hydrogens (tertiary/aromatic N) is 2. The summed E-state index contributed by atoms with van der Waals surface area (Å²) in [6.45, 7) is 0.332. The zero-order valence-electron chi connectivity index (χ0n) is 10.1. The topological polar surface area (TPSA) is 45.5 Å². The molecule has 17 heavy (non-hydrogen) atoms. The van der Waals surface area contributed by atoms with E-state index in [1.807, 2.05) is 42.1 Å². The predicted octanol–water partition coefficient (Wildman–Crippen LogP) is 1.24. The third kappa shape index (κ3) is 2.17. The van der Waals surface area contributed by atoms with Crippen LogP contribution in [0, 0.1) is 0 Å². The molecule has 2 rings (SSSR count). The Morgan fingerprint density at radius 3 is 2.88 bits per heavy atom. The van der Waals surface area contributed by atoms with Gasteiger partial charge in [0.2, 0.25) is 0 Å². The van der Waals surface area contributed by atoms with E-state index in [1.54, 1.807) is 7.05 Å². The molecule has 4 nitrogen and oxygen atoms in total. The summed E-state index contributed by atoms with van der Waals surface area (Å²) in [7, 11) is 3.64. The molecule has 0 aliphatic carbocycles. The van der Waals surface area contributed by atoms with Gasteiger partial charge in [-0.05, 0) is 23.6 Å². The van der Waals surface area contributed by atoms with Crippen LogP contribution in [-0.4, -0.2) is 40.7 Å². The first kappa shape index (κ1) is 11.7. The molecule has 1 aromatic carbocycles. The number of hydrogen-bond donors (Lipinski definition) is 1. The van der Waals surface area contributed by atoms with Gasteiger partial charge in [0.15, 0.2) is 0 Å². The van der Waals surface area contributed by atoms with Crippen molar-refractivity contribution in [2.24, 2.45) is 7.05 Å². The van der Waals surface area contributed by atoms with Gasteiger partial charge in [-0.15, -0.1) is 0 Å². The van der Waals surface area contributed by atoms with Crippen molar-refractivity contribution in [3.63, 3.8) is 0 Å². The smallest absolute Gasteiger partial charge is 0.253 e. The van der Waals surface area contributed by atoms with Crippen LogP contribution in [0.2, 0.25) is 0 Å². The van der Waals surface area contributed by atoms with E-state index in [0.717, 1.165) is 10.9 Å². The lowest BCUT2D eigenvalue weighted by Gasteiger charge is -2.15. The Bertz CT molecular complexity index is 545. The van der Waals surface area contributed by atoms with E-state index in [-0.39, 0.29) is 12.5 Å². The third-order valence-electron chi connectivity index (χ3n) is 2.92. The highest BCUT2D eigenvalue weighted by Gasteiger charge is 2.12. The molecule has 0 aliphatic rings. The maximum Gasteiger partial charge on any atom is 0.253 e. The van der Waals surface area contributed by atoms with Gasteiger partial charge in [0.25, 0.3) is 5.91 Å². The average molecular weight is 232 g/mol. The van der Waals surface area contributed by atoms with Crippen molar-refractivity contribution in [1.82, 2.24) is 9.47 Å². The molecule has 0 aliphatic heterocycles. The van der Waals surface area contributed by atoms with Crippen LogP contribution in [0.3, 0.4) is 0 Å². The van der Waals surface area contributed by atoms with Crippen molar-refractivity contribution < 1.29 is 9.90 Å². The van der Waals surface area contributed by atoms with Gasteiger partial charge in [-0.25, -0.2) is 0 Å². The molecule has 0 saturated carbocycles. The summed E-state index contributed by atoms with van der Waals surface area (Å²) in [6.07, 6.45) is 1.97. The van der Waals surface area contributed by atoms with Gasteiger partial charge in [0, 0.05) is 37.9 Å². The van der Waals surface area contributed by atoms with Crippen molar-refractivity contribution in [3.05, 3.63) is 36.0 Å². The van der Waals surface area contributed by atoms with E-state index >= 15 is 0 Å². The molecule has 0 bridgehead atoms. The van der Waals surface area contributed by atoms with E-state index in [0.29, 0.717) is 12.1 Å². The molecule has 0 radical (unpaired) electrons. The van der Waals surface area contributed by atoms with Crippen LogP contribution in [0.15, 0.2) is 30.5 Å². The first-order valence-corrected chi connectivity index (χ1v) is 5.55. The second-order valence-electron chi connectivity index (χ2n) is 4.15. The van der Waals surface area contributed by atoms with Crippen LogP contribution < -0.4 is 0 Å². The van der Waals surface area contributed by atoms with Gasteiger partial charge >= 0.3 is 0 Å². The molecule has 1 N–H and O–H groups in total. The number of carbonyl (C=O) groups excluding carboxylic acids is 1. The summed E-state index contributed by atoms with van der Waals surface area (Å²) < 4.78 is 1.98. The Morgan fingerprint density at radius 1 is 1.41 bits per heavy atom. The first-order chi connectivity index (χ1) is 8.13. The largest absolute Gasteiger partial charge is 0.395 e. The fourth-order valence-electron chi connectivity index (χ4n) is 1.87. The lowest BCUT2D eigenvalue weighted by Crippen LogP contribution is -2.29. The Labute approximate surface area is 100 Å². The third-order valence-corrected chi connectivity index (χ3v) is 2.92. The van der Waals surface area contributed by atoms with Gasteiger partial charge in [-0.3, -0.25) is 4.79 Å². The van der Waals surface area contributed by atoms with Crippen LogP contribution >= 0.6 is 0 Å². The zero-order valence-corrected chi connectivity index (χ0v) is 10.1. The minimum Gasteiger partial charge on any atom is -0.395 e. The van der Waals surface area contributed by atoms with Crippen LogP contribution in [-0.2, 0) is 7.05 Å². The van der Waals surface area contributed by atoms with Crippen molar-refractivity contribution in [1.29, 1.82) is 0 Å². The van der Waals surface area contributed by atoms with Crippen molar-refractivity contribution >= 4 is 16.8 Å². The summed E-state index contributed by atoms with van der Waals surface area (Å²) in [4.78, 5) is 13.5. The summed E-state index contributed by atoms with van der Waals surface area (Å²) in [6, 6.07) is 7.65. The van der Waals surface area contributed by atoms with Crippen LogP contribution in [0.1, 0.15) is 10.4 Å². The quantitative estimate of drug-likeness (QED) is 0.865. The molecule has 90 valence electrons. The highest BCUT2D eigenvalue weighted by molar-refractivity contribution is 5.97. The average Bonchev–Trinajstić information content (AvgIpc) is 2.70. The van der Waals surface area contributed by atoms with E-state index < -0.39 is 0 Å². The number of likely N-dealkylation sites (N-methyl/N-ethyl adjacent to an activating group) is 1. The molecule has 1 heterocycles. The Hall–Kier alpha value is -1.81. The molecule has 0 atom stereocenters. The molecular weight excluding hydrogens is 216 g/mol. The number of amides is 1. The van der Waals surface area contributed by atoms with E-state index in [4.69, 9.17) is 5.11 Å². The molecule has 1 amide bonds. The number of aromatic nitrogens is 1. The summed E-state index contributed by atoms with van der Waals surface area (Å²) >= 11 is 0. The minimum absolute atomic E-state index is 0.0192. The molecule has 2 aromatic rings. The number of aliphatic hydroxyl groups is 1. The number of carbonyl (C=O) groups is 1. The minimum atomic E-state index is -0.0675. The highest BCUT2D eigenvalue weighted by atomic mass is 16.3. The standard InChI is InChI=1S/C13H16N2O2/c1-14-6-5-10-3-4-11(9-12(10)14)13(17)15(2)7-8-16/h3-6,9,16H,7-8H2,1-2H3. The summed E-state index contributed by atoms with van der Waals surface area (Å²) in [5.41, 5.74) is 1.68. The van der Waals surface area contributed by atoms with E-state index in [9.17, 15) is 4.79 Å². The van der Waals surface area contributed by atoms with Crippen LogP contribution in [0.5, 0.6) is 0 Å². The second kappa shape index (κ2) is 4.59. The lowest BCUT2D eigenvalue weighted by molar-refractivity contribution is 0.0767. The molecule has 0 unspecified atom stereocenters. The highest BCUT2D eigenvalue weighted by Crippen LogP contribution is 2.17. The first-order valence-electron chi connectivity index (χ1n) is 5.55. The van der Waals surface area contributed by atoms with Crippen LogP contribution in [0.4, 0.5) is 0 Å². The van der Waals surface area contributed by atoms with Crippen molar-refractivity contribution in [2.45, 2.75) is 0 Å². The second-order valence-corrected chi connectivity index (χ2v) is 4.15. The number of aryl methyl sites for hydroxylation is 1. The fourth-order valence-corrected chi connectivity index (χ4v) is 1.87. The fraction of sp³-hybridized carbons (Fsp3) is 0.308. The normalized spacial score (nSPS) is 10.8. The number of hydrogen-bond acceptors (Lipinski definition) is 2. The van der Waals surface area contributed by atoms with Crippen LogP contribution in [0.25, 0.3) is 10.9 Å². The Morgan fingerprint density at radius 2 is 2.18 bits per heavy atom. The number of fused-ring (bicyclic) bond motifs is 1. The molecule has 4 heteroatoms. The molecule has 0 saturated heterocycles. The summed E-state index contributed by atoms with van der Waals surface area (Å²) in [5, 5.41) is 9.94. The van der Waals surface area contributed by atoms with E-state index in [1.165, 1.54) is 4.90 Å². The van der Waals surface area contributed by atoms with Crippen molar-refractivity contribution in [3.8, 4) is 0 Å². The molecule has 0 fully saturated rings. The number of rotatable bonds is 3. The van der Waals surface area contributed by atoms with Gasteiger partial charge in [-0.2, -0.15) is 0 Å². The van der Waals surface area contributed by atoms with Gasteiger partial charge < -0.3 is 14.6 Å². The maximum absolute atomic E-state index is 12.0. The monoisotopic (exact) mass is 232 g/mol. The van der Waals surface area contributed by atoms with Gasteiger partial charge in [0.05, 0.1) is 6.61 Å². The number of aliphatic hydroxyl groups excluding tert-OH is 1. The zero-order chi connectivity index (χ0) is 12.4. The summed E-state index contributed by atoms with van der Waals surface area (Å²) in [5.74, 6) is -0.0675. The Balaban J connectivity index is 2.35. The molecule has 1 aromatic heterocycles. The predicted molar refractivity (Wildman–Crippen MR) is 67.0 cm³/mol.